The Hall–Kier alpha value is -0.820. The standard InChI is InChI=1S/C12H14IN3S/c1-8-7-17-12(16-8)4-5-15-11-3-2-9(13)6-10(11)14/h2-3,6-7,15H,4-5,14H2,1H3. The molecule has 90 valence electrons. The number of anilines is 2. The van der Waals surface area contributed by atoms with Gasteiger partial charge < -0.3 is 11.1 Å². The minimum atomic E-state index is 0.798. The molecule has 17 heavy (non-hydrogen) atoms. The minimum Gasteiger partial charge on any atom is -0.397 e. The number of nitrogens with one attached hydrogen (secondary N) is 1. The molecule has 1 aromatic carbocycles. The predicted octanol–water partition coefficient (Wildman–Crippen LogP) is 3.29. The van der Waals surface area contributed by atoms with Crippen LogP contribution in [0.1, 0.15) is 10.7 Å². The summed E-state index contributed by atoms with van der Waals surface area (Å²) in [5.41, 5.74) is 8.82. The van der Waals surface area contributed by atoms with Crippen molar-refractivity contribution < 1.29 is 0 Å². The van der Waals surface area contributed by atoms with Gasteiger partial charge in [-0.1, -0.05) is 0 Å². The van der Waals surface area contributed by atoms with E-state index < -0.39 is 0 Å². The zero-order chi connectivity index (χ0) is 12.3. The van der Waals surface area contributed by atoms with E-state index in [0.29, 0.717) is 0 Å². The number of aromatic nitrogens is 1. The number of nitrogen functional groups attached to an aromatic ring is 1. The Morgan fingerprint density at radius 3 is 2.94 bits per heavy atom. The lowest BCUT2D eigenvalue weighted by atomic mass is 10.2. The highest BCUT2D eigenvalue weighted by Crippen LogP contribution is 2.20. The Kier molecular flexibility index (Phi) is 4.22. The van der Waals surface area contributed by atoms with Crippen LogP contribution in [0.4, 0.5) is 11.4 Å². The average molecular weight is 359 g/mol. The fourth-order valence-corrected chi connectivity index (χ4v) is 2.81. The van der Waals surface area contributed by atoms with Crippen molar-refractivity contribution in [2.75, 3.05) is 17.6 Å². The van der Waals surface area contributed by atoms with Gasteiger partial charge in [0.2, 0.25) is 0 Å². The summed E-state index contributed by atoms with van der Waals surface area (Å²) in [7, 11) is 0. The predicted molar refractivity (Wildman–Crippen MR) is 82.6 cm³/mol. The van der Waals surface area contributed by atoms with E-state index >= 15 is 0 Å². The number of aryl methyl sites for hydroxylation is 1. The highest BCUT2D eigenvalue weighted by Gasteiger charge is 2.01. The highest BCUT2D eigenvalue weighted by molar-refractivity contribution is 14.1. The molecule has 1 heterocycles. The van der Waals surface area contributed by atoms with Crippen molar-refractivity contribution in [2.45, 2.75) is 13.3 Å². The second-order valence-corrected chi connectivity index (χ2v) is 5.98. The van der Waals surface area contributed by atoms with Crippen LogP contribution in [0, 0.1) is 10.5 Å². The van der Waals surface area contributed by atoms with E-state index in [0.717, 1.165) is 33.6 Å². The van der Waals surface area contributed by atoms with E-state index in [1.54, 1.807) is 11.3 Å². The third kappa shape index (κ3) is 3.57. The first-order chi connectivity index (χ1) is 8.15. The van der Waals surface area contributed by atoms with E-state index in [9.17, 15) is 0 Å². The van der Waals surface area contributed by atoms with Gasteiger partial charge in [0.05, 0.1) is 16.4 Å². The normalized spacial score (nSPS) is 10.5. The van der Waals surface area contributed by atoms with Crippen molar-refractivity contribution in [1.82, 2.24) is 4.98 Å². The lowest BCUT2D eigenvalue weighted by Crippen LogP contribution is -2.06. The third-order valence-electron chi connectivity index (χ3n) is 2.33. The number of benzene rings is 1. The molecule has 2 aromatic rings. The summed E-state index contributed by atoms with van der Waals surface area (Å²) < 4.78 is 1.15. The fourth-order valence-electron chi connectivity index (χ4n) is 1.52. The highest BCUT2D eigenvalue weighted by atomic mass is 127. The van der Waals surface area contributed by atoms with Crippen LogP contribution in [0.5, 0.6) is 0 Å². The van der Waals surface area contributed by atoms with E-state index in [1.165, 1.54) is 5.01 Å². The van der Waals surface area contributed by atoms with Gasteiger partial charge in [0.15, 0.2) is 0 Å². The van der Waals surface area contributed by atoms with Crippen LogP contribution in [0.2, 0.25) is 0 Å². The first kappa shape index (κ1) is 12.6. The van der Waals surface area contributed by atoms with Crippen LogP contribution in [-0.2, 0) is 6.42 Å². The first-order valence-electron chi connectivity index (χ1n) is 5.35. The summed E-state index contributed by atoms with van der Waals surface area (Å²) in [5, 5.41) is 6.58. The van der Waals surface area contributed by atoms with Crippen molar-refractivity contribution in [3.63, 3.8) is 0 Å². The Balaban J connectivity index is 1.90. The molecule has 0 amide bonds. The van der Waals surface area contributed by atoms with Crippen molar-refractivity contribution in [3.05, 3.63) is 37.9 Å². The van der Waals surface area contributed by atoms with Crippen LogP contribution in [0.3, 0.4) is 0 Å². The zero-order valence-corrected chi connectivity index (χ0v) is 12.5. The molecule has 0 aliphatic rings. The monoisotopic (exact) mass is 359 g/mol. The van der Waals surface area contributed by atoms with Crippen LogP contribution < -0.4 is 11.1 Å². The van der Waals surface area contributed by atoms with Crippen LogP contribution >= 0.6 is 33.9 Å². The molecule has 3 N–H and O–H groups in total. The molecule has 0 bridgehead atoms. The smallest absolute Gasteiger partial charge is 0.0945 e. The molecule has 1 aromatic heterocycles. The SMILES string of the molecule is Cc1csc(CCNc2ccc(I)cc2N)n1. The maximum atomic E-state index is 5.92. The van der Waals surface area contributed by atoms with Crippen LogP contribution in [-0.4, -0.2) is 11.5 Å². The van der Waals surface area contributed by atoms with Crippen molar-refractivity contribution >= 4 is 45.3 Å². The van der Waals surface area contributed by atoms with Crippen molar-refractivity contribution in [3.8, 4) is 0 Å². The van der Waals surface area contributed by atoms with Gasteiger partial charge in [-0.05, 0) is 47.7 Å². The fraction of sp³-hybridized carbons (Fsp3) is 0.250. The molecule has 0 spiro atoms. The molecule has 0 aliphatic carbocycles. The largest absolute Gasteiger partial charge is 0.397 e. The number of hydrogen-bond acceptors (Lipinski definition) is 4. The topological polar surface area (TPSA) is 50.9 Å². The quantitative estimate of drug-likeness (QED) is 0.651. The number of thiazole rings is 1. The van der Waals surface area contributed by atoms with Gasteiger partial charge in [-0.2, -0.15) is 0 Å². The molecule has 3 nitrogen and oxygen atoms in total. The van der Waals surface area contributed by atoms with Gasteiger partial charge in [-0.25, -0.2) is 4.98 Å². The summed E-state index contributed by atoms with van der Waals surface area (Å²) in [6, 6.07) is 6.04. The van der Waals surface area contributed by atoms with E-state index in [4.69, 9.17) is 5.73 Å². The van der Waals surface area contributed by atoms with Crippen LogP contribution in [0.15, 0.2) is 23.6 Å². The van der Waals surface area contributed by atoms with E-state index in [1.807, 2.05) is 25.1 Å². The number of nitrogens with zero attached hydrogens (tertiary/aromatic N) is 1. The minimum absolute atomic E-state index is 0.798. The molecule has 5 heteroatoms. The van der Waals surface area contributed by atoms with Gasteiger partial charge in [0.25, 0.3) is 0 Å². The van der Waals surface area contributed by atoms with Crippen molar-refractivity contribution in [1.29, 1.82) is 0 Å². The van der Waals surface area contributed by atoms with Gasteiger partial charge in [-0.3, -0.25) is 0 Å². The first-order valence-corrected chi connectivity index (χ1v) is 7.31. The molecule has 0 unspecified atom stereocenters. The summed E-state index contributed by atoms with van der Waals surface area (Å²) in [6.45, 7) is 2.88. The second kappa shape index (κ2) is 5.68. The summed E-state index contributed by atoms with van der Waals surface area (Å²) >= 11 is 3.96. The number of halogens is 1. The maximum absolute atomic E-state index is 5.92. The van der Waals surface area contributed by atoms with Gasteiger partial charge >= 0.3 is 0 Å². The lowest BCUT2D eigenvalue weighted by Gasteiger charge is -2.08. The molecule has 0 saturated heterocycles. The molecule has 0 fully saturated rings. The summed E-state index contributed by atoms with van der Waals surface area (Å²) in [5.74, 6) is 0. The summed E-state index contributed by atoms with van der Waals surface area (Å²) in [6.07, 6.45) is 0.934. The Labute approximate surface area is 119 Å². The Bertz CT molecular complexity index is 510. The Morgan fingerprint density at radius 1 is 1.47 bits per heavy atom. The molecular formula is C12H14IN3S. The van der Waals surface area contributed by atoms with Gasteiger partial charge in [-0.15, -0.1) is 11.3 Å². The molecule has 0 radical (unpaired) electrons. The third-order valence-corrected chi connectivity index (χ3v) is 4.03. The molecule has 0 aliphatic heterocycles. The Morgan fingerprint density at radius 2 is 2.29 bits per heavy atom. The van der Waals surface area contributed by atoms with E-state index in [-0.39, 0.29) is 0 Å². The second-order valence-electron chi connectivity index (χ2n) is 3.79. The van der Waals surface area contributed by atoms with Gasteiger partial charge in [0.1, 0.15) is 0 Å². The lowest BCUT2D eigenvalue weighted by molar-refractivity contribution is 0.987. The summed E-state index contributed by atoms with van der Waals surface area (Å²) in [4.78, 5) is 4.42. The molecular weight excluding hydrogens is 345 g/mol. The number of nitrogens with two attached hydrogens (primary N) is 1. The van der Waals surface area contributed by atoms with Crippen LogP contribution in [0.25, 0.3) is 0 Å². The van der Waals surface area contributed by atoms with Gasteiger partial charge in [0, 0.05) is 27.6 Å². The maximum Gasteiger partial charge on any atom is 0.0945 e. The molecule has 0 atom stereocenters. The molecule has 0 saturated carbocycles. The zero-order valence-electron chi connectivity index (χ0n) is 9.53. The number of rotatable bonds is 4. The number of hydrogen-bond donors (Lipinski definition) is 2. The van der Waals surface area contributed by atoms with E-state index in [2.05, 4.69) is 38.3 Å². The van der Waals surface area contributed by atoms with Crippen molar-refractivity contribution in [2.24, 2.45) is 0 Å². The average Bonchev–Trinajstić information content (AvgIpc) is 2.68. The molecule has 2 rings (SSSR count).